The van der Waals surface area contributed by atoms with Crippen LogP contribution in [0, 0.1) is 0 Å². The van der Waals surface area contributed by atoms with Gasteiger partial charge < -0.3 is 10.1 Å². The SMILES string of the molecule is COCC(C)NC(=O)CSc1cccc2cccc(Cl)c12. The first-order valence-electron chi connectivity index (χ1n) is 6.70. The van der Waals surface area contributed by atoms with Gasteiger partial charge in [0.05, 0.1) is 12.4 Å². The van der Waals surface area contributed by atoms with Crippen LogP contribution in [0.15, 0.2) is 41.3 Å². The van der Waals surface area contributed by atoms with Gasteiger partial charge in [0.15, 0.2) is 0 Å². The van der Waals surface area contributed by atoms with E-state index in [-0.39, 0.29) is 11.9 Å². The largest absolute Gasteiger partial charge is 0.383 e. The molecule has 0 bridgehead atoms. The molecular formula is C16H18ClNO2S. The molecule has 0 aliphatic rings. The second kappa shape index (κ2) is 7.69. The third-order valence-electron chi connectivity index (χ3n) is 3.00. The highest BCUT2D eigenvalue weighted by Crippen LogP contribution is 2.32. The molecule has 3 nitrogen and oxygen atoms in total. The Labute approximate surface area is 134 Å². The summed E-state index contributed by atoms with van der Waals surface area (Å²) in [6.07, 6.45) is 0. The summed E-state index contributed by atoms with van der Waals surface area (Å²) in [5, 5.41) is 5.70. The van der Waals surface area contributed by atoms with Crippen molar-refractivity contribution in [1.82, 2.24) is 5.32 Å². The number of carbonyl (C=O) groups is 1. The van der Waals surface area contributed by atoms with Crippen LogP contribution in [-0.4, -0.2) is 31.4 Å². The highest BCUT2D eigenvalue weighted by molar-refractivity contribution is 8.00. The van der Waals surface area contributed by atoms with Crippen molar-refractivity contribution in [2.24, 2.45) is 0 Å². The van der Waals surface area contributed by atoms with Gasteiger partial charge in [-0.2, -0.15) is 0 Å². The van der Waals surface area contributed by atoms with Crippen LogP contribution in [0.25, 0.3) is 10.8 Å². The second-order valence-corrected chi connectivity index (χ2v) is 6.23. The summed E-state index contributed by atoms with van der Waals surface area (Å²) in [5.41, 5.74) is 0. The first-order valence-corrected chi connectivity index (χ1v) is 8.06. The Balaban J connectivity index is 2.05. The van der Waals surface area contributed by atoms with Gasteiger partial charge in [0.2, 0.25) is 5.91 Å². The lowest BCUT2D eigenvalue weighted by Crippen LogP contribution is -2.36. The zero-order valence-corrected chi connectivity index (χ0v) is 13.6. The molecule has 0 heterocycles. The van der Waals surface area contributed by atoms with Gasteiger partial charge in [0.1, 0.15) is 0 Å². The Hall–Kier alpha value is -1.23. The van der Waals surface area contributed by atoms with Crippen LogP contribution >= 0.6 is 23.4 Å². The highest BCUT2D eigenvalue weighted by atomic mass is 35.5. The molecule has 1 N–H and O–H groups in total. The van der Waals surface area contributed by atoms with E-state index >= 15 is 0 Å². The number of halogens is 1. The molecule has 0 fully saturated rings. The fourth-order valence-corrected chi connectivity index (χ4v) is 3.39. The molecular weight excluding hydrogens is 306 g/mol. The Morgan fingerprint density at radius 3 is 2.76 bits per heavy atom. The maximum absolute atomic E-state index is 11.9. The van der Waals surface area contributed by atoms with Crippen molar-refractivity contribution in [1.29, 1.82) is 0 Å². The zero-order valence-electron chi connectivity index (χ0n) is 12.1. The molecule has 21 heavy (non-hydrogen) atoms. The third kappa shape index (κ3) is 4.37. The van der Waals surface area contributed by atoms with Gasteiger partial charge in [-0.25, -0.2) is 0 Å². The van der Waals surface area contributed by atoms with Gasteiger partial charge in [0.25, 0.3) is 0 Å². The number of hydrogen-bond donors (Lipinski definition) is 1. The van der Waals surface area contributed by atoms with Crippen molar-refractivity contribution in [3.63, 3.8) is 0 Å². The molecule has 0 radical (unpaired) electrons. The van der Waals surface area contributed by atoms with Gasteiger partial charge in [0, 0.05) is 28.5 Å². The van der Waals surface area contributed by atoms with Gasteiger partial charge in [-0.1, -0.05) is 35.9 Å². The first-order chi connectivity index (χ1) is 10.1. The molecule has 1 unspecified atom stereocenters. The first kappa shape index (κ1) is 16.1. The normalized spacial score (nSPS) is 12.3. The summed E-state index contributed by atoms with van der Waals surface area (Å²) in [4.78, 5) is 12.9. The van der Waals surface area contributed by atoms with Crippen molar-refractivity contribution in [3.05, 3.63) is 41.4 Å². The van der Waals surface area contributed by atoms with Crippen LogP contribution in [0.3, 0.4) is 0 Å². The van der Waals surface area contributed by atoms with E-state index in [9.17, 15) is 4.79 Å². The van der Waals surface area contributed by atoms with E-state index < -0.39 is 0 Å². The van der Waals surface area contributed by atoms with Crippen molar-refractivity contribution in [2.75, 3.05) is 19.5 Å². The molecule has 0 saturated heterocycles. The molecule has 2 aromatic carbocycles. The predicted octanol–water partition coefficient (Wildman–Crippen LogP) is 3.74. The van der Waals surface area contributed by atoms with Gasteiger partial charge in [-0.15, -0.1) is 11.8 Å². The van der Waals surface area contributed by atoms with Crippen LogP contribution < -0.4 is 5.32 Å². The van der Waals surface area contributed by atoms with Crippen molar-refractivity contribution in [2.45, 2.75) is 17.9 Å². The van der Waals surface area contributed by atoms with Gasteiger partial charge in [-0.3, -0.25) is 4.79 Å². The van der Waals surface area contributed by atoms with E-state index in [2.05, 4.69) is 5.32 Å². The van der Waals surface area contributed by atoms with Crippen LogP contribution in [-0.2, 0) is 9.53 Å². The summed E-state index contributed by atoms with van der Waals surface area (Å²) in [6, 6.07) is 11.8. The molecule has 2 rings (SSSR count). The number of benzene rings is 2. The molecule has 0 aliphatic heterocycles. The molecule has 0 saturated carbocycles. The maximum atomic E-state index is 11.9. The average Bonchev–Trinajstić information content (AvgIpc) is 2.45. The number of thioether (sulfide) groups is 1. The number of carbonyl (C=O) groups excluding carboxylic acids is 1. The van der Waals surface area contributed by atoms with E-state index in [1.807, 2.05) is 43.3 Å². The Kier molecular flexibility index (Phi) is 5.91. The van der Waals surface area contributed by atoms with Crippen LogP contribution in [0.4, 0.5) is 0 Å². The molecule has 1 atom stereocenters. The number of nitrogens with one attached hydrogen (secondary N) is 1. The predicted molar refractivity (Wildman–Crippen MR) is 89.2 cm³/mol. The van der Waals surface area contributed by atoms with Gasteiger partial charge in [-0.05, 0) is 24.4 Å². The van der Waals surface area contributed by atoms with Gasteiger partial charge >= 0.3 is 0 Å². The number of rotatable bonds is 6. The Morgan fingerprint density at radius 2 is 2.05 bits per heavy atom. The molecule has 1 amide bonds. The monoisotopic (exact) mass is 323 g/mol. The summed E-state index contributed by atoms with van der Waals surface area (Å²) in [7, 11) is 1.62. The third-order valence-corrected chi connectivity index (χ3v) is 4.37. The molecule has 0 spiro atoms. The van der Waals surface area contributed by atoms with Crippen molar-refractivity contribution >= 4 is 40.0 Å². The quantitative estimate of drug-likeness (QED) is 0.823. The number of hydrogen-bond acceptors (Lipinski definition) is 3. The summed E-state index contributed by atoms with van der Waals surface area (Å²) < 4.78 is 5.00. The fraction of sp³-hybridized carbons (Fsp3) is 0.312. The number of methoxy groups -OCH3 is 1. The fourth-order valence-electron chi connectivity index (χ4n) is 2.13. The van der Waals surface area contributed by atoms with Crippen LogP contribution in [0.1, 0.15) is 6.92 Å². The van der Waals surface area contributed by atoms with Crippen LogP contribution in [0.5, 0.6) is 0 Å². The average molecular weight is 324 g/mol. The lowest BCUT2D eigenvalue weighted by atomic mass is 10.1. The van der Waals surface area contributed by atoms with E-state index in [4.69, 9.17) is 16.3 Å². The van der Waals surface area contributed by atoms with E-state index in [1.165, 1.54) is 11.8 Å². The maximum Gasteiger partial charge on any atom is 0.230 e. The highest BCUT2D eigenvalue weighted by Gasteiger charge is 2.10. The minimum absolute atomic E-state index is 0.00592. The number of fused-ring (bicyclic) bond motifs is 1. The molecule has 112 valence electrons. The molecule has 5 heteroatoms. The summed E-state index contributed by atoms with van der Waals surface area (Å²) in [5.74, 6) is 0.354. The van der Waals surface area contributed by atoms with E-state index in [0.717, 1.165) is 15.7 Å². The Morgan fingerprint density at radius 1 is 1.33 bits per heavy atom. The number of amides is 1. The smallest absolute Gasteiger partial charge is 0.230 e. The minimum Gasteiger partial charge on any atom is -0.383 e. The molecule has 2 aromatic rings. The van der Waals surface area contributed by atoms with Crippen molar-refractivity contribution in [3.8, 4) is 0 Å². The van der Waals surface area contributed by atoms with E-state index in [1.54, 1.807) is 7.11 Å². The topological polar surface area (TPSA) is 38.3 Å². The number of ether oxygens (including phenoxy) is 1. The summed E-state index contributed by atoms with van der Waals surface area (Å²) in [6.45, 7) is 2.43. The standard InChI is InChI=1S/C16H18ClNO2S/c1-11(9-20-2)18-15(19)10-21-14-8-4-6-12-5-3-7-13(17)16(12)14/h3-8,11H,9-10H2,1-2H3,(H,18,19). The zero-order chi connectivity index (χ0) is 15.2. The van der Waals surface area contributed by atoms with Crippen LogP contribution in [0.2, 0.25) is 5.02 Å². The summed E-state index contributed by atoms with van der Waals surface area (Å²) >= 11 is 7.77. The molecule has 0 aromatic heterocycles. The minimum atomic E-state index is -0.00592. The lowest BCUT2D eigenvalue weighted by molar-refractivity contribution is -0.119. The van der Waals surface area contributed by atoms with Crippen molar-refractivity contribution < 1.29 is 9.53 Å². The van der Waals surface area contributed by atoms with E-state index in [0.29, 0.717) is 17.4 Å². The second-order valence-electron chi connectivity index (χ2n) is 4.81. The Bertz CT molecular complexity index is 627. The lowest BCUT2D eigenvalue weighted by Gasteiger charge is -2.13. The molecule has 0 aliphatic carbocycles.